The zero-order valence-corrected chi connectivity index (χ0v) is 15.1. The average Bonchev–Trinajstić information content (AvgIpc) is 3.33. The van der Waals surface area contributed by atoms with Crippen LogP contribution in [0.15, 0.2) is 11.6 Å². The Labute approximate surface area is 150 Å². The van der Waals surface area contributed by atoms with Gasteiger partial charge in [0, 0.05) is 31.6 Å². The molecule has 2 aliphatic rings. The summed E-state index contributed by atoms with van der Waals surface area (Å²) in [4.78, 5) is 33.6. The molecule has 0 atom stereocenters. The molecule has 2 aromatic heterocycles. The third kappa shape index (κ3) is 3.06. The Morgan fingerprint density at radius 1 is 1.04 bits per heavy atom. The quantitative estimate of drug-likeness (QED) is 0.821. The monoisotopic (exact) mass is 359 g/mol. The van der Waals surface area contributed by atoms with Gasteiger partial charge in [-0.05, 0) is 26.2 Å². The van der Waals surface area contributed by atoms with Crippen molar-refractivity contribution in [3.63, 3.8) is 0 Å². The number of hydrogen-bond donors (Lipinski definition) is 0. The lowest BCUT2D eigenvalue weighted by atomic mass is 10.2. The fraction of sp³-hybridized carbons (Fsp3) is 0.529. The summed E-state index contributed by atoms with van der Waals surface area (Å²) in [7, 11) is 0. The molecule has 25 heavy (non-hydrogen) atoms. The lowest BCUT2D eigenvalue weighted by molar-refractivity contribution is 0.0730. The minimum Gasteiger partial charge on any atom is -0.339 e. The van der Waals surface area contributed by atoms with E-state index in [0.29, 0.717) is 24.3 Å². The fourth-order valence-corrected chi connectivity index (χ4v) is 4.09. The normalized spacial score (nSPS) is 17.5. The highest BCUT2D eigenvalue weighted by molar-refractivity contribution is 7.09. The van der Waals surface area contributed by atoms with Gasteiger partial charge in [-0.15, -0.1) is 11.3 Å². The predicted octanol–water partition coefficient (Wildman–Crippen LogP) is 1.93. The van der Waals surface area contributed by atoms with E-state index in [4.69, 9.17) is 0 Å². The predicted molar refractivity (Wildman–Crippen MR) is 93.6 cm³/mol. The molecule has 7 nitrogen and oxygen atoms in total. The van der Waals surface area contributed by atoms with Crippen LogP contribution in [0.3, 0.4) is 0 Å². The van der Waals surface area contributed by atoms with Crippen molar-refractivity contribution in [2.24, 2.45) is 0 Å². The van der Waals surface area contributed by atoms with Gasteiger partial charge in [-0.1, -0.05) is 0 Å². The third-order valence-corrected chi connectivity index (χ3v) is 5.61. The summed E-state index contributed by atoms with van der Waals surface area (Å²) in [6, 6.07) is 0. The van der Waals surface area contributed by atoms with Gasteiger partial charge in [0.05, 0.1) is 29.0 Å². The summed E-state index contributed by atoms with van der Waals surface area (Å²) in [5, 5.41) is 7.08. The Kier molecular flexibility index (Phi) is 4.29. The molecule has 2 aromatic rings. The lowest BCUT2D eigenvalue weighted by Gasteiger charge is -2.20. The second-order valence-electron chi connectivity index (χ2n) is 6.56. The van der Waals surface area contributed by atoms with Gasteiger partial charge in [0.2, 0.25) is 0 Å². The van der Waals surface area contributed by atoms with Crippen molar-refractivity contribution in [1.29, 1.82) is 0 Å². The first-order chi connectivity index (χ1) is 12.1. The van der Waals surface area contributed by atoms with Crippen LogP contribution >= 0.6 is 11.3 Å². The van der Waals surface area contributed by atoms with Crippen molar-refractivity contribution >= 4 is 23.2 Å². The molecule has 8 heteroatoms. The lowest BCUT2D eigenvalue weighted by Crippen LogP contribution is -2.33. The van der Waals surface area contributed by atoms with E-state index in [2.05, 4.69) is 10.1 Å². The van der Waals surface area contributed by atoms with E-state index in [1.54, 1.807) is 16.5 Å². The minimum absolute atomic E-state index is 0.0394. The molecule has 2 aliphatic heterocycles. The number of hydrogen-bond acceptors (Lipinski definition) is 5. The Morgan fingerprint density at radius 3 is 2.52 bits per heavy atom. The van der Waals surface area contributed by atoms with Crippen LogP contribution in [0.1, 0.15) is 50.8 Å². The molecule has 0 spiro atoms. The van der Waals surface area contributed by atoms with E-state index in [-0.39, 0.29) is 11.8 Å². The van der Waals surface area contributed by atoms with E-state index in [9.17, 15) is 9.59 Å². The summed E-state index contributed by atoms with van der Waals surface area (Å²) in [5.74, 6) is -0.0314. The molecule has 4 heterocycles. The van der Waals surface area contributed by atoms with E-state index < -0.39 is 0 Å². The number of carbonyl (C=O) groups is 2. The van der Waals surface area contributed by atoms with Crippen molar-refractivity contribution in [2.45, 2.75) is 39.3 Å². The number of fused-ring (bicyclic) bond motifs is 1. The number of amides is 2. The van der Waals surface area contributed by atoms with Gasteiger partial charge < -0.3 is 9.80 Å². The summed E-state index contributed by atoms with van der Waals surface area (Å²) >= 11 is 1.48. The van der Waals surface area contributed by atoms with Crippen molar-refractivity contribution in [3.05, 3.63) is 33.5 Å². The summed E-state index contributed by atoms with van der Waals surface area (Å²) < 4.78 is 1.88. The number of nitrogens with zero attached hydrogens (tertiary/aromatic N) is 5. The standard InChI is InChI=1S/C17H21N5O2S/c1-12-19-14(11-25-12)17(24)21-7-4-8-22-15(10-21)13(9-18-22)16(23)20-5-2-3-6-20/h9,11H,2-8,10H2,1H3. The molecule has 0 radical (unpaired) electrons. The van der Waals surface area contributed by atoms with Crippen LogP contribution in [-0.2, 0) is 13.1 Å². The molecule has 1 saturated heterocycles. The molecule has 0 saturated carbocycles. The van der Waals surface area contributed by atoms with Crippen LogP contribution in [-0.4, -0.2) is 56.0 Å². The zero-order valence-electron chi connectivity index (χ0n) is 14.3. The molecule has 2 amide bonds. The number of thiazole rings is 1. The Hall–Kier alpha value is -2.22. The highest BCUT2D eigenvalue weighted by atomic mass is 32.1. The molecule has 0 bridgehead atoms. The second-order valence-corrected chi connectivity index (χ2v) is 7.62. The maximum Gasteiger partial charge on any atom is 0.273 e. The summed E-state index contributed by atoms with van der Waals surface area (Å²) in [5.41, 5.74) is 1.97. The third-order valence-electron chi connectivity index (χ3n) is 4.84. The molecular weight excluding hydrogens is 338 g/mol. The number of likely N-dealkylation sites (tertiary alicyclic amines) is 1. The fourth-order valence-electron chi connectivity index (χ4n) is 3.51. The first-order valence-electron chi connectivity index (χ1n) is 8.69. The van der Waals surface area contributed by atoms with Gasteiger partial charge in [-0.25, -0.2) is 4.98 Å². The van der Waals surface area contributed by atoms with Gasteiger partial charge in [0.1, 0.15) is 5.69 Å². The van der Waals surface area contributed by atoms with Gasteiger partial charge in [-0.3, -0.25) is 14.3 Å². The second kappa shape index (κ2) is 6.59. The largest absolute Gasteiger partial charge is 0.339 e. The van der Waals surface area contributed by atoms with Crippen LogP contribution in [0.5, 0.6) is 0 Å². The number of carbonyl (C=O) groups excluding carboxylic acids is 2. The van der Waals surface area contributed by atoms with Crippen LogP contribution in [0.4, 0.5) is 0 Å². The topological polar surface area (TPSA) is 71.3 Å². The number of rotatable bonds is 2. The molecule has 0 N–H and O–H groups in total. The van der Waals surface area contributed by atoms with Crippen molar-refractivity contribution < 1.29 is 9.59 Å². The Balaban J connectivity index is 1.60. The Bertz CT molecular complexity index is 806. The van der Waals surface area contributed by atoms with E-state index in [1.165, 1.54) is 11.3 Å². The molecular formula is C17H21N5O2S. The highest BCUT2D eigenvalue weighted by Crippen LogP contribution is 2.22. The molecule has 0 unspecified atom stereocenters. The number of aromatic nitrogens is 3. The van der Waals surface area contributed by atoms with Gasteiger partial charge >= 0.3 is 0 Å². The van der Waals surface area contributed by atoms with Crippen LogP contribution in [0.2, 0.25) is 0 Å². The average molecular weight is 359 g/mol. The molecule has 0 aromatic carbocycles. The van der Waals surface area contributed by atoms with Crippen LogP contribution in [0.25, 0.3) is 0 Å². The summed E-state index contributed by atoms with van der Waals surface area (Å²) in [6.45, 7) is 5.29. The van der Waals surface area contributed by atoms with Gasteiger partial charge in [0.15, 0.2) is 0 Å². The minimum atomic E-state index is -0.0708. The number of aryl methyl sites for hydroxylation is 2. The van der Waals surface area contributed by atoms with Crippen molar-refractivity contribution in [1.82, 2.24) is 24.6 Å². The summed E-state index contributed by atoms with van der Waals surface area (Å²) in [6.07, 6.45) is 4.60. The molecule has 1 fully saturated rings. The van der Waals surface area contributed by atoms with Crippen LogP contribution < -0.4 is 0 Å². The molecule has 4 rings (SSSR count). The van der Waals surface area contributed by atoms with Crippen molar-refractivity contribution in [3.8, 4) is 0 Å². The first kappa shape index (κ1) is 16.3. The van der Waals surface area contributed by atoms with E-state index in [0.717, 1.165) is 49.6 Å². The van der Waals surface area contributed by atoms with Gasteiger partial charge in [-0.2, -0.15) is 5.10 Å². The van der Waals surface area contributed by atoms with E-state index in [1.807, 2.05) is 16.5 Å². The maximum atomic E-state index is 12.8. The SMILES string of the molecule is Cc1nc(C(=O)N2CCCn3ncc(C(=O)N4CCCC4)c3C2)cs1. The molecule has 132 valence electrons. The molecule has 0 aliphatic carbocycles. The van der Waals surface area contributed by atoms with Gasteiger partial charge in [0.25, 0.3) is 11.8 Å². The first-order valence-corrected chi connectivity index (χ1v) is 9.57. The van der Waals surface area contributed by atoms with Crippen LogP contribution in [0, 0.1) is 6.92 Å². The van der Waals surface area contributed by atoms with E-state index >= 15 is 0 Å². The van der Waals surface area contributed by atoms with Crippen molar-refractivity contribution in [2.75, 3.05) is 19.6 Å². The maximum absolute atomic E-state index is 12.8. The smallest absolute Gasteiger partial charge is 0.273 e. The highest BCUT2D eigenvalue weighted by Gasteiger charge is 2.29. The Morgan fingerprint density at radius 2 is 1.80 bits per heavy atom. The zero-order chi connectivity index (χ0) is 17.4.